The minimum Gasteiger partial charge on any atom is -0.487 e. The van der Waals surface area contributed by atoms with Crippen molar-refractivity contribution < 1.29 is 9.13 Å². The Labute approximate surface area is 93.2 Å². The van der Waals surface area contributed by atoms with Crippen molar-refractivity contribution in [3.8, 4) is 11.8 Å². The Morgan fingerprint density at radius 2 is 2.00 bits per heavy atom. The lowest BCUT2D eigenvalue weighted by Gasteiger charge is -2.22. The summed E-state index contributed by atoms with van der Waals surface area (Å²) in [6.45, 7) is 5.52. The van der Waals surface area contributed by atoms with Gasteiger partial charge < -0.3 is 4.74 Å². The average Bonchev–Trinajstić information content (AvgIpc) is 2.08. The Bertz CT molecular complexity index is 418. The van der Waals surface area contributed by atoms with Crippen LogP contribution in [-0.2, 0) is 0 Å². The molecule has 1 aromatic rings. The van der Waals surface area contributed by atoms with E-state index in [2.05, 4.69) is 0 Å². The molecule has 4 heteroatoms. The fraction of sp³-hybridized carbons (Fsp3) is 0.364. The highest BCUT2D eigenvalue weighted by molar-refractivity contribution is 6.30. The molecule has 15 heavy (non-hydrogen) atoms. The van der Waals surface area contributed by atoms with Crippen LogP contribution in [0.3, 0.4) is 0 Å². The maximum Gasteiger partial charge on any atom is 0.143 e. The topological polar surface area (TPSA) is 33.0 Å². The van der Waals surface area contributed by atoms with Gasteiger partial charge in [-0.3, -0.25) is 0 Å². The number of ether oxygens (including phenoxy) is 1. The summed E-state index contributed by atoms with van der Waals surface area (Å²) in [6, 6.07) is 4.26. The van der Waals surface area contributed by atoms with Gasteiger partial charge in [-0.15, -0.1) is 0 Å². The predicted molar refractivity (Wildman–Crippen MR) is 56.5 cm³/mol. The van der Waals surface area contributed by atoms with Crippen LogP contribution < -0.4 is 4.74 Å². The zero-order chi connectivity index (χ0) is 11.6. The molecule has 0 amide bonds. The molecule has 0 bridgehead atoms. The van der Waals surface area contributed by atoms with Crippen LogP contribution in [0.15, 0.2) is 12.1 Å². The highest BCUT2D eigenvalue weighted by Crippen LogP contribution is 2.28. The molecular formula is C11H11ClFNO. The van der Waals surface area contributed by atoms with Crippen molar-refractivity contribution in [3.05, 3.63) is 28.5 Å². The molecule has 0 aromatic heterocycles. The normalized spacial score (nSPS) is 10.9. The van der Waals surface area contributed by atoms with Crippen LogP contribution >= 0.6 is 11.6 Å². The van der Waals surface area contributed by atoms with E-state index in [4.69, 9.17) is 21.6 Å². The molecule has 0 saturated heterocycles. The third-order valence-electron chi connectivity index (χ3n) is 1.56. The number of hydrogen-bond acceptors (Lipinski definition) is 2. The monoisotopic (exact) mass is 227 g/mol. The van der Waals surface area contributed by atoms with Gasteiger partial charge in [0.2, 0.25) is 0 Å². The van der Waals surface area contributed by atoms with Crippen LogP contribution in [0.2, 0.25) is 5.02 Å². The first-order valence-corrected chi connectivity index (χ1v) is 4.79. The second-order valence-electron chi connectivity index (χ2n) is 4.09. The summed E-state index contributed by atoms with van der Waals surface area (Å²) in [7, 11) is 0. The van der Waals surface area contributed by atoms with E-state index in [0.717, 1.165) is 6.07 Å². The number of halogens is 2. The van der Waals surface area contributed by atoms with Crippen LogP contribution in [0.4, 0.5) is 4.39 Å². The second kappa shape index (κ2) is 4.08. The largest absolute Gasteiger partial charge is 0.487 e. The molecule has 0 aliphatic carbocycles. The predicted octanol–water partition coefficient (Wildman–Crippen LogP) is 3.53. The minimum absolute atomic E-state index is 0.0479. The Morgan fingerprint density at radius 3 is 2.47 bits per heavy atom. The highest BCUT2D eigenvalue weighted by atomic mass is 35.5. The summed E-state index contributed by atoms with van der Waals surface area (Å²) in [5.41, 5.74) is -0.306. The zero-order valence-electron chi connectivity index (χ0n) is 8.77. The van der Waals surface area contributed by atoms with E-state index in [-0.39, 0.29) is 10.6 Å². The fourth-order valence-electron chi connectivity index (χ4n) is 1.03. The Balaban J connectivity index is 3.18. The van der Waals surface area contributed by atoms with Crippen molar-refractivity contribution in [2.75, 3.05) is 0 Å². The van der Waals surface area contributed by atoms with Gasteiger partial charge in [0.1, 0.15) is 23.2 Å². The average molecular weight is 228 g/mol. The van der Waals surface area contributed by atoms with Gasteiger partial charge in [-0.25, -0.2) is 4.39 Å². The molecule has 1 rings (SSSR count). The van der Waals surface area contributed by atoms with E-state index in [9.17, 15) is 4.39 Å². The number of hydrogen-bond donors (Lipinski definition) is 0. The van der Waals surface area contributed by atoms with E-state index < -0.39 is 11.4 Å². The number of benzene rings is 1. The van der Waals surface area contributed by atoms with Gasteiger partial charge in [-0.2, -0.15) is 5.26 Å². The standard InChI is InChI=1S/C11H11ClFNO/c1-11(2,3)15-10-5-8(12)9(13)4-7(10)6-14/h4-5H,1-3H3. The summed E-state index contributed by atoms with van der Waals surface area (Å²) in [5, 5.41) is 8.74. The van der Waals surface area contributed by atoms with Gasteiger partial charge in [0.25, 0.3) is 0 Å². The third-order valence-corrected chi connectivity index (χ3v) is 1.85. The summed E-state index contributed by atoms with van der Waals surface area (Å²) in [6.07, 6.45) is 0. The Kier molecular flexibility index (Phi) is 3.21. The van der Waals surface area contributed by atoms with Crippen molar-refractivity contribution in [2.24, 2.45) is 0 Å². The summed E-state index contributed by atoms with van der Waals surface area (Å²) < 4.78 is 18.5. The van der Waals surface area contributed by atoms with Crippen molar-refractivity contribution in [3.63, 3.8) is 0 Å². The molecule has 0 unspecified atom stereocenters. The smallest absolute Gasteiger partial charge is 0.143 e. The highest BCUT2D eigenvalue weighted by Gasteiger charge is 2.16. The van der Waals surface area contributed by atoms with E-state index in [0.29, 0.717) is 5.75 Å². The lowest BCUT2D eigenvalue weighted by molar-refractivity contribution is 0.130. The Morgan fingerprint density at radius 1 is 1.40 bits per heavy atom. The van der Waals surface area contributed by atoms with Gasteiger partial charge in [0.15, 0.2) is 0 Å². The summed E-state index contributed by atoms with van der Waals surface area (Å²) in [4.78, 5) is 0. The van der Waals surface area contributed by atoms with Gasteiger partial charge in [-0.1, -0.05) is 11.6 Å². The molecule has 0 aliphatic rings. The fourth-order valence-corrected chi connectivity index (χ4v) is 1.18. The van der Waals surface area contributed by atoms with Crippen molar-refractivity contribution >= 4 is 11.6 Å². The second-order valence-corrected chi connectivity index (χ2v) is 4.50. The molecule has 0 aliphatic heterocycles. The maximum atomic E-state index is 13.0. The molecular weight excluding hydrogens is 217 g/mol. The number of nitrogens with zero attached hydrogens (tertiary/aromatic N) is 1. The van der Waals surface area contributed by atoms with Crippen LogP contribution in [0.25, 0.3) is 0 Å². The lowest BCUT2D eigenvalue weighted by Crippen LogP contribution is -2.23. The molecule has 0 spiro atoms. The van der Waals surface area contributed by atoms with E-state index in [1.54, 1.807) is 0 Å². The molecule has 0 heterocycles. The van der Waals surface area contributed by atoms with Crippen LogP contribution in [0.5, 0.6) is 5.75 Å². The molecule has 80 valence electrons. The first-order chi connectivity index (χ1) is 6.83. The Hall–Kier alpha value is -1.27. The molecule has 0 radical (unpaired) electrons. The van der Waals surface area contributed by atoms with Crippen molar-refractivity contribution in [1.29, 1.82) is 5.26 Å². The molecule has 1 aromatic carbocycles. The molecule has 0 atom stereocenters. The molecule has 0 N–H and O–H groups in total. The third kappa shape index (κ3) is 3.10. The molecule has 0 fully saturated rings. The van der Waals surface area contributed by atoms with Gasteiger partial charge >= 0.3 is 0 Å². The van der Waals surface area contributed by atoms with Crippen LogP contribution in [-0.4, -0.2) is 5.60 Å². The SMILES string of the molecule is CC(C)(C)Oc1cc(Cl)c(F)cc1C#N. The van der Waals surface area contributed by atoms with E-state index in [1.807, 2.05) is 26.8 Å². The quantitative estimate of drug-likeness (QED) is 0.735. The van der Waals surface area contributed by atoms with Gasteiger partial charge in [0, 0.05) is 6.07 Å². The minimum atomic E-state index is -0.616. The number of nitriles is 1. The molecule has 2 nitrogen and oxygen atoms in total. The lowest BCUT2D eigenvalue weighted by atomic mass is 10.1. The van der Waals surface area contributed by atoms with Crippen molar-refractivity contribution in [1.82, 2.24) is 0 Å². The first kappa shape index (κ1) is 11.8. The first-order valence-electron chi connectivity index (χ1n) is 4.41. The number of rotatable bonds is 1. The van der Waals surface area contributed by atoms with Crippen molar-refractivity contribution in [2.45, 2.75) is 26.4 Å². The van der Waals surface area contributed by atoms with Gasteiger partial charge in [0.05, 0.1) is 10.6 Å². The molecule has 0 saturated carbocycles. The summed E-state index contributed by atoms with van der Waals surface area (Å²) in [5.74, 6) is -0.314. The summed E-state index contributed by atoms with van der Waals surface area (Å²) >= 11 is 5.61. The van der Waals surface area contributed by atoms with E-state index in [1.165, 1.54) is 6.07 Å². The van der Waals surface area contributed by atoms with E-state index >= 15 is 0 Å². The van der Waals surface area contributed by atoms with Crippen LogP contribution in [0, 0.1) is 17.1 Å². The zero-order valence-corrected chi connectivity index (χ0v) is 9.52. The van der Waals surface area contributed by atoms with Crippen LogP contribution in [0.1, 0.15) is 26.3 Å². The van der Waals surface area contributed by atoms with Gasteiger partial charge in [-0.05, 0) is 26.8 Å². The maximum absolute atomic E-state index is 13.0.